The van der Waals surface area contributed by atoms with Gasteiger partial charge in [-0.1, -0.05) is 18.6 Å². The Hall–Kier alpha value is -0.190. The van der Waals surface area contributed by atoms with Crippen LogP contribution >= 0.6 is 23.5 Å². The Balaban J connectivity index is 1.81. The lowest BCUT2D eigenvalue weighted by Crippen LogP contribution is -2.25. The summed E-state index contributed by atoms with van der Waals surface area (Å²) in [6.07, 6.45) is 7.06. The summed E-state index contributed by atoms with van der Waals surface area (Å²) in [5, 5.41) is 3.60. The summed E-state index contributed by atoms with van der Waals surface area (Å²) in [5.74, 6) is 2.21. The first-order valence-electron chi connectivity index (χ1n) is 6.96. The average molecular weight is 299 g/mol. The first-order chi connectivity index (χ1) is 9.33. The smallest absolute Gasteiger partial charge is 0.137 e. The van der Waals surface area contributed by atoms with Crippen molar-refractivity contribution in [3.8, 4) is 0 Å². The third-order valence-corrected chi connectivity index (χ3v) is 5.30. The monoisotopic (exact) mass is 299 g/mol. The zero-order valence-corrected chi connectivity index (χ0v) is 13.1. The topological polar surface area (TPSA) is 12.0 Å². The van der Waals surface area contributed by atoms with Crippen molar-refractivity contribution in [3.63, 3.8) is 0 Å². The molecule has 0 amide bonds. The SMILES string of the molecule is CSCCCCCNC1CCSc2c(F)cccc21. The molecule has 0 fully saturated rings. The van der Waals surface area contributed by atoms with Crippen molar-refractivity contribution in [1.29, 1.82) is 0 Å². The molecule has 4 heteroatoms. The minimum atomic E-state index is -0.0611. The molecule has 1 aromatic rings. The van der Waals surface area contributed by atoms with Crippen LogP contribution in [0, 0.1) is 5.82 Å². The number of fused-ring (bicyclic) bond motifs is 1. The minimum Gasteiger partial charge on any atom is -0.310 e. The van der Waals surface area contributed by atoms with Gasteiger partial charge in [0.2, 0.25) is 0 Å². The molecule has 0 spiro atoms. The lowest BCUT2D eigenvalue weighted by atomic mass is 10.0. The highest BCUT2D eigenvalue weighted by Gasteiger charge is 2.22. The van der Waals surface area contributed by atoms with Gasteiger partial charge in [-0.3, -0.25) is 0 Å². The van der Waals surface area contributed by atoms with Gasteiger partial charge in [0.05, 0.1) is 0 Å². The molecule has 106 valence electrons. The van der Waals surface area contributed by atoms with Gasteiger partial charge in [0.25, 0.3) is 0 Å². The number of thioether (sulfide) groups is 2. The molecular weight excluding hydrogens is 277 g/mol. The maximum absolute atomic E-state index is 13.7. The fraction of sp³-hybridized carbons (Fsp3) is 0.600. The number of hydrogen-bond acceptors (Lipinski definition) is 3. The van der Waals surface area contributed by atoms with E-state index in [1.807, 2.05) is 17.8 Å². The highest BCUT2D eigenvalue weighted by atomic mass is 32.2. The third-order valence-electron chi connectivity index (χ3n) is 3.44. The van der Waals surface area contributed by atoms with Crippen molar-refractivity contribution in [2.24, 2.45) is 0 Å². The van der Waals surface area contributed by atoms with Gasteiger partial charge in [-0.05, 0) is 55.2 Å². The van der Waals surface area contributed by atoms with Gasteiger partial charge in [0.15, 0.2) is 0 Å². The van der Waals surface area contributed by atoms with Crippen LogP contribution in [0.25, 0.3) is 0 Å². The second-order valence-electron chi connectivity index (χ2n) is 4.86. The Bertz CT molecular complexity index is 398. The Kier molecular flexibility index (Phi) is 6.54. The summed E-state index contributed by atoms with van der Waals surface area (Å²) in [4.78, 5) is 0.855. The summed E-state index contributed by atoms with van der Waals surface area (Å²) < 4.78 is 13.7. The average Bonchev–Trinajstić information content (AvgIpc) is 2.43. The molecule has 1 aliphatic rings. The number of halogens is 1. The zero-order valence-electron chi connectivity index (χ0n) is 11.5. The summed E-state index contributed by atoms with van der Waals surface area (Å²) >= 11 is 3.57. The van der Waals surface area contributed by atoms with Gasteiger partial charge >= 0.3 is 0 Å². The zero-order chi connectivity index (χ0) is 13.5. The van der Waals surface area contributed by atoms with E-state index in [2.05, 4.69) is 17.6 Å². The van der Waals surface area contributed by atoms with E-state index in [9.17, 15) is 4.39 Å². The van der Waals surface area contributed by atoms with Crippen LogP contribution < -0.4 is 5.32 Å². The standard InChI is InChI=1S/C15H22FNS2/c1-18-10-4-2-3-9-17-14-8-11-19-15-12(14)6-5-7-13(15)16/h5-7,14,17H,2-4,8-11H2,1H3. The Morgan fingerprint density at radius 2 is 2.26 bits per heavy atom. The molecule has 0 radical (unpaired) electrons. The molecule has 0 bridgehead atoms. The molecule has 0 saturated carbocycles. The molecule has 1 aromatic carbocycles. The Morgan fingerprint density at radius 3 is 3.11 bits per heavy atom. The van der Waals surface area contributed by atoms with E-state index in [4.69, 9.17) is 0 Å². The van der Waals surface area contributed by atoms with Crippen LogP contribution in [0.15, 0.2) is 23.1 Å². The fourth-order valence-electron chi connectivity index (χ4n) is 2.42. The number of rotatable bonds is 7. The van der Waals surface area contributed by atoms with Crippen molar-refractivity contribution >= 4 is 23.5 Å². The van der Waals surface area contributed by atoms with Crippen molar-refractivity contribution in [3.05, 3.63) is 29.6 Å². The quantitative estimate of drug-likeness (QED) is 0.745. The van der Waals surface area contributed by atoms with Gasteiger partial charge in [0.1, 0.15) is 5.82 Å². The van der Waals surface area contributed by atoms with E-state index in [1.54, 1.807) is 17.8 Å². The van der Waals surface area contributed by atoms with E-state index in [0.717, 1.165) is 29.2 Å². The molecule has 1 heterocycles. The molecule has 19 heavy (non-hydrogen) atoms. The van der Waals surface area contributed by atoms with Crippen molar-refractivity contribution in [1.82, 2.24) is 5.32 Å². The van der Waals surface area contributed by atoms with Crippen LogP contribution in [0.5, 0.6) is 0 Å². The van der Waals surface area contributed by atoms with Gasteiger partial charge < -0.3 is 5.32 Å². The lowest BCUT2D eigenvalue weighted by molar-refractivity contribution is 0.485. The third kappa shape index (κ3) is 4.40. The van der Waals surface area contributed by atoms with Crippen molar-refractivity contribution in [2.45, 2.75) is 36.6 Å². The van der Waals surface area contributed by atoms with Gasteiger partial charge in [0, 0.05) is 10.9 Å². The molecular formula is C15H22FNS2. The van der Waals surface area contributed by atoms with Gasteiger partial charge in [-0.15, -0.1) is 11.8 Å². The second kappa shape index (κ2) is 8.18. The molecule has 1 unspecified atom stereocenters. The highest BCUT2D eigenvalue weighted by molar-refractivity contribution is 7.99. The van der Waals surface area contributed by atoms with E-state index in [-0.39, 0.29) is 5.82 Å². The summed E-state index contributed by atoms with van der Waals surface area (Å²) in [7, 11) is 0. The van der Waals surface area contributed by atoms with E-state index < -0.39 is 0 Å². The van der Waals surface area contributed by atoms with E-state index >= 15 is 0 Å². The predicted octanol–water partition coefficient (Wildman–Crippen LogP) is 4.49. The van der Waals surface area contributed by atoms with E-state index in [1.165, 1.54) is 25.0 Å². The number of unbranched alkanes of at least 4 members (excludes halogenated alkanes) is 2. The predicted molar refractivity (Wildman–Crippen MR) is 84.7 cm³/mol. The maximum atomic E-state index is 13.7. The number of nitrogens with one attached hydrogen (secondary N) is 1. The molecule has 2 rings (SSSR count). The van der Waals surface area contributed by atoms with E-state index in [0.29, 0.717) is 6.04 Å². The van der Waals surface area contributed by atoms with Crippen LogP contribution in [0.3, 0.4) is 0 Å². The molecule has 0 saturated heterocycles. The number of benzene rings is 1. The second-order valence-corrected chi connectivity index (χ2v) is 6.95. The first kappa shape index (κ1) is 15.2. The summed E-state index contributed by atoms with van der Waals surface area (Å²) in [6, 6.07) is 5.80. The molecule has 0 aliphatic carbocycles. The van der Waals surface area contributed by atoms with Gasteiger partial charge in [-0.25, -0.2) is 4.39 Å². The summed E-state index contributed by atoms with van der Waals surface area (Å²) in [5.41, 5.74) is 1.15. The van der Waals surface area contributed by atoms with Crippen LogP contribution in [0.1, 0.15) is 37.3 Å². The highest BCUT2D eigenvalue weighted by Crippen LogP contribution is 2.37. The summed E-state index contributed by atoms with van der Waals surface area (Å²) in [6.45, 7) is 1.04. The first-order valence-corrected chi connectivity index (χ1v) is 9.34. The lowest BCUT2D eigenvalue weighted by Gasteiger charge is -2.26. The molecule has 0 aromatic heterocycles. The fourth-order valence-corrected chi connectivity index (χ4v) is 4.06. The largest absolute Gasteiger partial charge is 0.310 e. The normalized spacial score (nSPS) is 18.3. The van der Waals surface area contributed by atoms with Gasteiger partial charge in [-0.2, -0.15) is 11.8 Å². The Labute approximate surface area is 124 Å². The Morgan fingerprint density at radius 1 is 1.37 bits per heavy atom. The van der Waals surface area contributed by atoms with Crippen molar-refractivity contribution in [2.75, 3.05) is 24.3 Å². The maximum Gasteiger partial charge on any atom is 0.137 e. The van der Waals surface area contributed by atoms with Crippen LogP contribution in [-0.4, -0.2) is 24.3 Å². The van der Waals surface area contributed by atoms with Crippen molar-refractivity contribution < 1.29 is 4.39 Å². The molecule has 1 N–H and O–H groups in total. The number of hydrogen-bond donors (Lipinski definition) is 1. The molecule has 1 aliphatic heterocycles. The van der Waals surface area contributed by atoms with Crippen LogP contribution in [-0.2, 0) is 0 Å². The molecule has 1 nitrogen and oxygen atoms in total. The van der Waals surface area contributed by atoms with Crippen LogP contribution in [0.4, 0.5) is 4.39 Å². The van der Waals surface area contributed by atoms with Crippen LogP contribution in [0.2, 0.25) is 0 Å². The minimum absolute atomic E-state index is 0.0611. The molecule has 1 atom stereocenters.